The predicted octanol–water partition coefficient (Wildman–Crippen LogP) is 5.74. The highest BCUT2D eigenvalue weighted by Crippen LogP contribution is 2.31. The molecule has 2 atom stereocenters. The molecule has 1 nitrogen and oxygen atoms in total. The Kier molecular flexibility index (Phi) is 7.08. The number of benzene rings is 2. The third-order valence-corrected chi connectivity index (χ3v) is 3.85. The maximum atomic E-state index is 6.33. The molecule has 3 heteroatoms. The number of alkyl halides is 2. The molecule has 0 saturated carbocycles. The lowest BCUT2D eigenvalue weighted by atomic mass is 10.0. The molecule has 21 heavy (non-hydrogen) atoms. The largest absolute Gasteiger partial charge is 0.366 e. The maximum absolute atomic E-state index is 6.33. The van der Waals surface area contributed by atoms with Gasteiger partial charge in [0.15, 0.2) is 0 Å². The Morgan fingerprint density at radius 1 is 0.667 bits per heavy atom. The Balaban J connectivity index is 2.16. The van der Waals surface area contributed by atoms with Gasteiger partial charge < -0.3 is 4.74 Å². The highest BCUT2D eigenvalue weighted by Gasteiger charge is 2.19. The fourth-order valence-electron chi connectivity index (χ4n) is 2.36. The summed E-state index contributed by atoms with van der Waals surface area (Å²) in [5.41, 5.74) is 2.32. The smallest absolute Gasteiger partial charge is 0.0844 e. The average Bonchev–Trinajstić information content (AvgIpc) is 2.55. The molecule has 0 heterocycles. The summed E-state index contributed by atoms with van der Waals surface area (Å²) >= 11 is 11.9. The van der Waals surface area contributed by atoms with E-state index in [2.05, 4.69) is 24.3 Å². The van der Waals surface area contributed by atoms with Crippen LogP contribution in [0.4, 0.5) is 0 Å². The Bertz CT molecular complexity index is 454. The van der Waals surface area contributed by atoms with Crippen molar-refractivity contribution in [3.05, 3.63) is 71.8 Å². The van der Waals surface area contributed by atoms with E-state index < -0.39 is 0 Å². The van der Waals surface area contributed by atoms with Crippen LogP contribution in [-0.4, -0.2) is 11.8 Å². The van der Waals surface area contributed by atoms with E-state index in [4.69, 9.17) is 27.9 Å². The Morgan fingerprint density at radius 3 is 1.38 bits per heavy atom. The summed E-state index contributed by atoms with van der Waals surface area (Å²) in [6, 6.07) is 20.5. The maximum Gasteiger partial charge on any atom is 0.0844 e. The quantitative estimate of drug-likeness (QED) is 0.563. The van der Waals surface area contributed by atoms with Crippen LogP contribution < -0.4 is 0 Å². The van der Waals surface area contributed by atoms with Gasteiger partial charge in [0.1, 0.15) is 0 Å². The van der Waals surface area contributed by atoms with E-state index in [-0.39, 0.29) is 12.2 Å². The molecular formula is C18H20Cl2O. The van der Waals surface area contributed by atoms with Gasteiger partial charge in [0, 0.05) is 11.8 Å². The van der Waals surface area contributed by atoms with Crippen molar-refractivity contribution in [1.29, 1.82) is 0 Å². The van der Waals surface area contributed by atoms with Crippen LogP contribution in [0.5, 0.6) is 0 Å². The van der Waals surface area contributed by atoms with Crippen LogP contribution in [0, 0.1) is 0 Å². The molecule has 2 rings (SSSR count). The monoisotopic (exact) mass is 322 g/mol. The fraction of sp³-hybridized carbons (Fsp3) is 0.333. The second kappa shape index (κ2) is 9.09. The number of hydrogen-bond donors (Lipinski definition) is 0. The molecule has 0 amide bonds. The van der Waals surface area contributed by atoms with Crippen molar-refractivity contribution in [3.8, 4) is 0 Å². The minimum atomic E-state index is -0.00266. The first-order valence-electron chi connectivity index (χ1n) is 7.22. The Labute approximate surface area is 136 Å². The summed E-state index contributed by atoms with van der Waals surface area (Å²) in [4.78, 5) is 0. The van der Waals surface area contributed by atoms with E-state index in [0.29, 0.717) is 11.8 Å². The minimum absolute atomic E-state index is 0.00266. The van der Waals surface area contributed by atoms with Gasteiger partial charge in [-0.3, -0.25) is 0 Å². The Hall–Kier alpha value is -1.02. The number of rotatable bonds is 8. The van der Waals surface area contributed by atoms with Crippen molar-refractivity contribution in [2.75, 3.05) is 11.8 Å². The SMILES string of the molecule is ClCCC(OC(CCCl)c1ccccc1)c1ccccc1. The van der Waals surface area contributed by atoms with Crippen molar-refractivity contribution in [2.45, 2.75) is 25.0 Å². The minimum Gasteiger partial charge on any atom is -0.366 e. The molecule has 0 fully saturated rings. The van der Waals surface area contributed by atoms with Crippen LogP contribution in [0.15, 0.2) is 60.7 Å². The molecule has 0 bridgehead atoms. The second-order valence-electron chi connectivity index (χ2n) is 4.89. The first-order valence-corrected chi connectivity index (χ1v) is 8.29. The van der Waals surface area contributed by atoms with Crippen molar-refractivity contribution in [3.63, 3.8) is 0 Å². The van der Waals surface area contributed by atoms with Crippen molar-refractivity contribution in [1.82, 2.24) is 0 Å². The van der Waals surface area contributed by atoms with Crippen LogP contribution in [0.3, 0.4) is 0 Å². The molecule has 0 aliphatic carbocycles. The molecular weight excluding hydrogens is 303 g/mol. The van der Waals surface area contributed by atoms with Gasteiger partial charge in [0.25, 0.3) is 0 Å². The molecule has 0 radical (unpaired) electrons. The van der Waals surface area contributed by atoms with Gasteiger partial charge in [-0.2, -0.15) is 0 Å². The predicted molar refractivity (Wildman–Crippen MR) is 90.1 cm³/mol. The zero-order valence-corrected chi connectivity index (χ0v) is 13.4. The lowest BCUT2D eigenvalue weighted by molar-refractivity contribution is -0.0182. The zero-order valence-electron chi connectivity index (χ0n) is 11.9. The summed E-state index contributed by atoms with van der Waals surface area (Å²) < 4.78 is 6.33. The third-order valence-electron chi connectivity index (χ3n) is 3.41. The molecule has 0 aromatic heterocycles. The van der Waals surface area contributed by atoms with Crippen LogP contribution in [0.1, 0.15) is 36.2 Å². The molecule has 2 aromatic carbocycles. The number of ether oxygens (including phenoxy) is 1. The molecule has 112 valence electrons. The summed E-state index contributed by atoms with van der Waals surface area (Å²) in [5, 5.41) is 0. The number of halogens is 2. The zero-order chi connectivity index (χ0) is 14.9. The summed E-state index contributed by atoms with van der Waals surface area (Å²) in [6.45, 7) is 0. The third kappa shape index (κ3) is 5.03. The molecule has 0 saturated heterocycles. The summed E-state index contributed by atoms with van der Waals surface area (Å²) in [7, 11) is 0. The van der Waals surface area contributed by atoms with E-state index in [9.17, 15) is 0 Å². The molecule has 0 spiro atoms. The molecule has 0 aliphatic rings. The van der Waals surface area contributed by atoms with Crippen molar-refractivity contribution < 1.29 is 4.74 Å². The van der Waals surface area contributed by atoms with Gasteiger partial charge in [-0.1, -0.05) is 60.7 Å². The molecule has 0 aliphatic heterocycles. The first-order chi connectivity index (χ1) is 10.3. The lowest BCUT2D eigenvalue weighted by Crippen LogP contribution is -2.12. The van der Waals surface area contributed by atoms with Crippen LogP contribution >= 0.6 is 23.2 Å². The van der Waals surface area contributed by atoms with Gasteiger partial charge in [0.05, 0.1) is 12.2 Å². The van der Waals surface area contributed by atoms with Crippen molar-refractivity contribution >= 4 is 23.2 Å². The first kappa shape index (κ1) is 16.4. The highest BCUT2D eigenvalue weighted by molar-refractivity contribution is 6.18. The Morgan fingerprint density at radius 2 is 1.05 bits per heavy atom. The van der Waals surface area contributed by atoms with Gasteiger partial charge >= 0.3 is 0 Å². The van der Waals surface area contributed by atoms with Gasteiger partial charge in [-0.15, -0.1) is 23.2 Å². The summed E-state index contributed by atoms with van der Waals surface area (Å²) in [6.07, 6.45) is 1.57. The molecule has 2 unspecified atom stereocenters. The van der Waals surface area contributed by atoms with Gasteiger partial charge in [-0.05, 0) is 24.0 Å². The molecule has 2 aromatic rings. The second-order valence-corrected chi connectivity index (χ2v) is 5.65. The van der Waals surface area contributed by atoms with Crippen LogP contribution in [0.25, 0.3) is 0 Å². The lowest BCUT2D eigenvalue weighted by Gasteiger charge is -2.25. The van der Waals surface area contributed by atoms with E-state index >= 15 is 0 Å². The topological polar surface area (TPSA) is 9.23 Å². The normalized spacial score (nSPS) is 13.8. The number of hydrogen-bond acceptors (Lipinski definition) is 1. The van der Waals surface area contributed by atoms with Gasteiger partial charge in [-0.25, -0.2) is 0 Å². The van der Waals surface area contributed by atoms with Gasteiger partial charge in [0.2, 0.25) is 0 Å². The van der Waals surface area contributed by atoms with E-state index in [1.54, 1.807) is 0 Å². The average molecular weight is 323 g/mol. The van der Waals surface area contributed by atoms with E-state index in [1.807, 2.05) is 36.4 Å². The van der Waals surface area contributed by atoms with E-state index in [1.165, 1.54) is 0 Å². The van der Waals surface area contributed by atoms with E-state index in [0.717, 1.165) is 24.0 Å². The summed E-state index contributed by atoms with van der Waals surface area (Å²) in [5.74, 6) is 1.14. The fourth-order valence-corrected chi connectivity index (χ4v) is 2.75. The van der Waals surface area contributed by atoms with Crippen LogP contribution in [0.2, 0.25) is 0 Å². The van der Waals surface area contributed by atoms with Crippen molar-refractivity contribution in [2.24, 2.45) is 0 Å². The van der Waals surface area contributed by atoms with Crippen LogP contribution in [-0.2, 0) is 4.74 Å². The standard InChI is InChI=1S/C18H20Cl2O/c19-13-11-17(15-7-3-1-4-8-15)21-18(12-14-20)16-9-5-2-6-10-16/h1-10,17-18H,11-14H2. The highest BCUT2D eigenvalue weighted by atomic mass is 35.5. The molecule has 0 N–H and O–H groups in total.